The average Bonchev–Trinajstić information content (AvgIpc) is 3.16. The van der Waals surface area contributed by atoms with Crippen LogP contribution in [0.3, 0.4) is 0 Å². The molecular formula is C22H27ClN4O2. The van der Waals surface area contributed by atoms with Crippen LogP contribution < -0.4 is 15.4 Å². The van der Waals surface area contributed by atoms with Crippen LogP contribution in [0, 0.1) is 0 Å². The highest BCUT2D eigenvalue weighted by Crippen LogP contribution is 2.23. The number of benzene rings is 2. The molecular weight excluding hydrogens is 388 g/mol. The van der Waals surface area contributed by atoms with Crippen LogP contribution in [-0.2, 0) is 6.54 Å². The van der Waals surface area contributed by atoms with Crippen molar-refractivity contribution in [2.75, 3.05) is 18.5 Å². The van der Waals surface area contributed by atoms with Gasteiger partial charge in [0.25, 0.3) is 5.91 Å². The predicted octanol–water partition coefficient (Wildman–Crippen LogP) is 4.44. The summed E-state index contributed by atoms with van der Waals surface area (Å²) in [5.74, 6) is 0.192. The first-order valence-electron chi connectivity index (χ1n) is 9.60. The van der Waals surface area contributed by atoms with E-state index >= 15 is 0 Å². The number of carbonyl (C=O) groups excluding carboxylic acids is 1. The molecule has 1 amide bonds. The quantitative estimate of drug-likeness (QED) is 0.543. The van der Waals surface area contributed by atoms with Gasteiger partial charge in [0.1, 0.15) is 0 Å². The number of aromatic nitrogens is 2. The SMILES string of the molecule is CCCOc1cn(-c2ccccc2)nc1C(=O)Nc1ccccc1CNCC.Cl. The number of para-hydroxylation sites is 2. The van der Waals surface area contributed by atoms with Crippen molar-refractivity contribution in [2.24, 2.45) is 0 Å². The first-order valence-corrected chi connectivity index (χ1v) is 9.60. The average molecular weight is 415 g/mol. The zero-order valence-electron chi connectivity index (χ0n) is 16.7. The number of hydrogen-bond donors (Lipinski definition) is 2. The van der Waals surface area contributed by atoms with Crippen molar-refractivity contribution in [1.29, 1.82) is 0 Å². The third-order valence-electron chi connectivity index (χ3n) is 4.21. The number of nitrogens with one attached hydrogen (secondary N) is 2. The van der Waals surface area contributed by atoms with Gasteiger partial charge in [-0.3, -0.25) is 4.79 Å². The molecule has 3 rings (SSSR count). The Morgan fingerprint density at radius 2 is 1.79 bits per heavy atom. The molecule has 6 nitrogen and oxygen atoms in total. The fourth-order valence-corrected chi connectivity index (χ4v) is 2.78. The first-order chi connectivity index (χ1) is 13.7. The molecule has 154 valence electrons. The van der Waals surface area contributed by atoms with Crippen LogP contribution in [-0.4, -0.2) is 28.8 Å². The maximum atomic E-state index is 13.0. The Hall–Kier alpha value is -2.83. The number of amides is 1. The monoisotopic (exact) mass is 414 g/mol. The van der Waals surface area contributed by atoms with E-state index in [9.17, 15) is 4.79 Å². The third kappa shape index (κ3) is 5.82. The fraction of sp³-hybridized carbons (Fsp3) is 0.273. The number of nitrogens with zero attached hydrogens (tertiary/aromatic N) is 2. The molecule has 0 atom stereocenters. The second-order valence-electron chi connectivity index (χ2n) is 6.36. The summed E-state index contributed by atoms with van der Waals surface area (Å²) in [6.45, 7) is 6.15. The molecule has 0 saturated carbocycles. The lowest BCUT2D eigenvalue weighted by Gasteiger charge is -2.11. The molecule has 3 aromatic rings. The summed E-state index contributed by atoms with van der Waals surface area (Å²) in [5, 5.41) is 10.8. The van der Waals surface area contributed by atoms with Gasteiger partial charge in [-0.15, -0.1) is 12.4 Å². The molecule has 1 aromatic heterocycles. The normalized spacial score (nSPS) is 10.3. The van der Waals surface area contributed by atoms with Crippen molar-refractivity contribution in [3.05, 3.63) is 72.1 Å². The van der Waals surface area contributed by atoms with Crippen molar-refractivity contribution in [3.8, 4) is 11.4 Å². The highest BCUT2D eigenvalue weighted by atomic mass is 35.5. The van der Waals surface area contributed by atoms with Crippen molar-refractivity contribution in [1.82, 2.24) is 15.1 Å². The van der Waals surface area contributed by atoms with E-state index in [2.05, 4.69) is 22.7 Å². The molecule has 0 radical (unpaired) electrons. The first kappa shape index (κ1) is 22.5. The summed E-state index contributed by atoms with van der Waals surface area (Å²) in [7, 11) is 0. The van der Waals surface area contributed by atoms with Gasteiger partial charge in [-0.1, -0.05) is 50.2 Å². The topological polar surface area (TPSA) is 68.2 Å². The molecule has 0 fully saturated rings. The summed E-state index contributed by atoms with van der Waals surface area (Å²) >= 11 is 0. The standard InChI is InChI=1S/C22H26N4O2.ClH/c1-3-14-28-20-16-26(18-11-6-5-7-12-18)25-21(20)22(27)24-19-13-9-8-10-17(19)15-23-4-2;/h5-13,16,23H,3-4,14-15H2,1-2H3,(H,24,27);1H. The molecule has 7 heteroatoms. The molecule has 0 spiro atoms. The van der Waals surface area contributed by atoms with Crippen LogP contribution in [0.4, 0.5) is 5.69 Å². The second-order valence-corrected chi connectivity index (χ2v) is 6.36. The van der Waals surface area contributed by atoms with E-state index in [1.165, 1.54) is 0 Å². The molecule has 2 aromatic carbocycles. The van der Waals surface area contributed by atoms with E-state index in [4.69, 9.17) is 4.74 Å². The van der Waals surface area contributed by atoms with E-state index in [1.807, 2.05) is 61.5 Å². The number of hydrogen-bond acceptors (Lipinski definition) is 4. The Labute approximate surface area is 177 Å². The molecule has 0 aliphatic heterocycles. The Balaban J connectivity index is 0.00000300. The highest BCUT2D eigenvalue weighted by Gasteiger charge is 2.20. The van der Waals surface area contributed by atoms with E-state index in [0.717, 1.165) is 29.9 Å². The fourth-order valence-electron chi connectivity index (χ4n) is 2.78. The summed E-state index contributed by atoms with van der Waals surface area (Å²) in [6, 6.07) is 17.4. The summed E-state index contributed by atoms with van der Waals surface area (Å²) in [4.78, 5) is 13.0. The molecule has 29 heavy (non-hydrogen) atoms. The van der Waals surface area contributed by atoms with Gasteiger partial charge in [0, 0.05) is 12.2 Å². The van der Waals surface area contributed by atoms with Crippen molar-refractivity contribution >= 4 is 24.0 Å². The van der Waals surface area contributed by atoms with Gasteiger partial charge in [-0.25, -0.2) is 4.68 Å². The van der Waals surface area contributed by atoms with Gasteiger partial charge >= 0.3 is 0 Å². The van der Waals surface area contributed by atoms with Gasteiger partial charge in [-0.05, 0) is 36.7 Å². The second kappa shape index (κ2) is 11.2. The smallest absolute Gasteiger partial charge is 0.280 e. The Morgan fingerprint density at radius 1 is 1.07 bits per heavy atom. The molecule has 0 bridgehead atoms. The molecule has 1 heterocycles. The molecule has 0 unspecified atom stereocenters. The zero-order valence-corrected chi connectivity index (χ0v) is 17.5. The van der Waals surface area contributed by atoms with Gasteiger partial charge in [0.2, 0.25) is 0 Å². The largest absolute Gasteiger partial charge is 0.489 e. The van der Waals surface area contributed by atoms with Gasteiger partial charge < -0.3 is 15.4 Å². The van der Waals surface area contributed by atoms with Crippen LogP contribution in [0.25, 0.3) is 5.69 Å². The van der Waals surface area contributed by atoms with Crippen LogP contribution in [0.1, 0.15) is 36.3 Å². The number of anilines is 1. The van der Waals surface area contributed by atoms with Crippen LogP contribution in [0.2, 0.25) is 0 Å². The van der Waals surface area contributed by atoms with Gasteiger partial charge in [0.05, 0.1) is 18.5 Å². The minimum Gasteiger partial charge on any atom is -0.489 e. The number of rotatable bonds is 9. The maximum Gasteiger partial charge on any atom is 0.280 e. The third-order valence-corrected chi connectivity index (χ3v) is 4.21. The van der Waals surface area contributed by atoms with Crippen LogP contribution in [0.5, 0.6) is 5.75 Å². The zero-order chi connectivity index (χ0) is 19.8. The van der Waals surface area contributed by atoms with E-state index in [0.29, 0.717) is 18.9 Å². The molecule has 0 aliphatic carbocycles. The van der Waals surface area contributed by atoms with Crippen LogP contribution >= 0.6 is 12.4 Å². The number of carbonyl (C=O) groups is 1. The highest BCUT2D eigenvalue weighted by molar-refractivity contribution is 6.05. The van der Waals surface area contributed by atoms with E-state index in [-0.39, 0.29) is 24.0 Å². The predicted molar refractivity (Wildman–Crippen MR) is 118 cm³/mol. The number of ether oxygens (including phenoxy) is 1. The maximum absolute atomic E-state index is 13.0. The minimum atomic E-state index is -0.287. The minimum absolute atomic E-state index is 0. The summed E-state index contributed by atoms with van der Waals surface area (Å²) in [6.07, 6.45) is 2.60. The Morgan fingerprint density at radius 3 is 2.52 bits per heavy atom. The van der Waals surface area contributed by atoms with Gasteiger partial charge in [-0.2, -0.15) is 5.10 Å². The van der Waals surface area contributed by atoms with E-state index < -0.39 is 0 Å². The van der Waals surface area contributed by atoms with Crippen LogP contribution in [0.15, 0.2) is 60.8 Å². The molecule has 2 N–H and O–H groups in total. The number of halogens is 1. The molecule has 0 saturated heterocycles. The molecule has 0 aliphatic rings. The van der Waals surface area contributed by atoms with E-state index in [1.54, 1.807) is 10.9 Å². The van der Waals surface area contributed by atoms with Crippen molar-refractivity contribution in [2.45, 2.75) is 26.8 Å². The lowest BCUT2D eigenvalue weighted by Crippen LogP contribution is -2.18. The lowest BCUT2D eigenvalue weighted by atomic mass is 10.1. The summed E-state index contributed by atoms with van der Waals surface area (Å²) in [5.41, 5.74) is 2.94. The Bertz CT molecular complexity index is 912. The lowest BCUT2D eigenvalue weighted by molar-refractivity contribution is 0.101. The van der Waals surface area contributed by atoms with Crippen molar-refractivity contribution < 1.29 is 9.53 Å². The van der Waals surface area contributed by atoms with Crippen molar-refractivity contribution in [3.63, 3.8) is 0 Å². The summed E-state index contributed by atoms with van der Waals surface area (Å²) < 4.78 is 7.46. The van der Waals surface area contributed by atoms with Gasteiger partial charge in [0.15, 0.2) is 11.4 Å². The Kier molecular flexibility index (Phi) is 8.70.